The quantitative estimate of drug-likeness (QED) is 0.876. The Morgan fingerprint density at radius 1 is 1.24 bits per heavy atom. The first-order valence-corrected chi connectivity index (χ1v) is 8.82. The Bertz CT molecular complexity index is 742. The maximum atomic E-state index is 11.5. The molecule has 1 aliphatic rings. The summed E-state index contributed by atoms with van der Waals surface area (Å²) in [6.07, 6.45) is 2.46. The fraction of sp³-hybridized carbons (Fsp3) is 0.381. The van der Waals surface area contributed by atoms with E-state index >= 15 is 0 Å². The molecule has 0 aliphatic carbocycles. The van der Waals surface area contributed by atoms with E-state index in [0.29, 0.717) is 25.5 Å². The van der Waals surface area contributed by atoms with E-state index < -0.39 is 0 Å². The number of hydrogen-bond acceptors (Lipinski definition) is 3. The molecule has 0 radical (unpaired) electrons. The van der Waals surface area contributed by atoms with Gasteiger partial charge in [0, 0.05) is 24.9 Å². The number of rotatable bonds is 6. The van der Waals surface area contributed by atoms with Gasteiger partial charge in [0.2, 0.25) is 5.91 Å². The van der Waals surface area contributed by atoms with Crippen LogP contribution in [0, 0.1) is 5.92 Å². The van der Waals surface area contributed by atoms with E-state index in [1.54, 1.807) is 7.11 Å². The first-order valence-electron chi connectivity index (χ1n) is 8.82. The molecule has 1 aliphatic heterocycles. The van der Waals surface area contributed by atoms with E-state index in [1.807, 2.05) is 25.1 Å². The number of carbonyl (C=O) groups is 1. The maximum Gasteiger partial charge on any atom is 0.219 e. The van der Waals surface area contributed by atoms with Gasteiger partial charge >= 0.3 is 0 Å². The number of hydrogen-bond donors (Lipinski definition) is 1. The third kappa shape index (κ3) is 4.32. The van der Waals surface area contributed by atoms with Crippen molar-refractivity contribution in [2.24, 2.45) is 5.92 Å². The summed E-state index contributed by atoms with van der Waals surface area (Å²) in [6, 6.07) is 14.4. The van der Waals surface area contributed by atoms with Gasteiger partial charge in [0.25, 0.3) is 0 Å². The summed E-state index contributed by atoms with van der Waals surface area (Å²) in [7, 11) is 1.67. The first kappa shape index (κ1) is 17.3. The van der Waals surface area contributed by atoms with Crippen molar-refractivity contribution in [2.45, 2.75) is 32.7 Å². The van der Waals surface area contributed by atoms with Crippen LogP contribution >= 0.6 is 0 Å². The maximum absolute atomic E-state index is 11.5. The molecule has 0 spiro atoms. The van der Waals surface area contributed by atoms with Gasteiger partial charge in [0.15, 0.2) is 0 Å². The fourth-order valence-electron chi connectivity index (χ4n) is 3.23. The Morgan fingerprint density at radius 3 is 2.80 bits per heavy atom. The first-order chi connectivity index (χ1) is 12.2. The van der Waals surface area contributed by atoms with Crippen LogP contribution in [0.1, 0.15) is 30.0 Å². The van der Waals surface area contributed by atoms with Crippen molar-refractivity contribution in [3.05, 3.63) is 59.2 Å². The number of benzene rings is 2. The van der Waals surface area contributed by atoms with E-state index in [-0.39, 0.29) is 5.91 Å². The van der Waals surface area contributed by atoms with Crippen LogP contribution in [0.3, 0.4) is 0 Å². The van der Waals surface area contributed by atoms with Crippen molar-refractivity contribution in [1.82, 2.24) is 5.32 Å². The predicted octanol–water partition coefficient (Wildman–Crippen LogP) is 3.52. The number of amides is 1. The summed E-state index contributed by atoms with van der Waals surface area (Å²) in [5, 5.41) is 2.97. The highest BCUT2D eigenvalue weighted by Gasteiger charge is 2.21. The van der Waals surface area contributed by atoms with E-state index in [1.165, 1.54) is 16.7 Å². The Kier molecular flexibility index (Phi) is 5.59. The van der Waals surface area contributed by atoms with Crippen molar-refractivity contribution < 1.29 is 14.3 Å². The van der Waals surface area contributed by atoms with Crippen molar-refractivity contribution in [1.29, 1.82) is 0 Å². The van der Waals surface area contributed by atoms with Gasteiger partial charge < -0.3 is 14.8 Å². The van der Waals surface area contributed by atoms with Crippen LogP contribution in [0.4, 0.5) is 0 Å². The normalized spacial score (nSPS) is 15.8. The summed E-state index contributed by atoms with van der Waals surface area (Å²) in [4.78, 5) is 11.5. The predicted molar refractivity (Wildman–Crippen MR) is 98.0 cm³/mol. The molecule has 4 heteroatoms. The fourth-order valence-corrected chi connectivity index (χ4v) is 3.23. The van der Waals surface area contributed by atoms with E-state index in [2.05, 4.69) is 29.6 Å². The van der Waals surface area contributed by atoms with Gasteiger partial charge in [-0.05, 0) is 35.6 Å². The largest absolute Gasteiger partial charge is 0.497 e. The number of fused-ring (bicyclic) bond motifs is 1. The third-order valence-electron chi connectivity index (χ3n) is 4.68. The second-order valence-corrected chi connectivity index (χ2v) is 6.46. The highest BCUT2D eigenvalue weighted by molar-refractivity contribution is 5.75. The molecule has 2 aromatic carbocycles. The SMILES string of the molecule is CCC(=O)NCc1ccccc1C[C@@H]1COc2cc(OC)ccc2C1. The molecule has 0 fully saturated rings. The Hall–Kier alpha value is -2.49. The van der Waals surface area contributed by atoms with Crippen LogP contribution in [-0.4, -0.2) is 19.6 Å². The molecule has 1 atom stereocenters. The molecule has 0 saturated heterocycles. The lowest BCUT2D eigenvalue weighted by Crippen LogP contribution is -2.25. The molecule has 1 N–H and O–H groups in total. The zero-order valence-corrected chi connectivity index (χ0v) is 14.9. The minimum Gasteiger partial charge on any atom is -0.497 e. The van der Waals surface area contributed by atoms with Gasteiger partial charge in [-0.1, -0.05) is 37.3 Å². The van der Waals surface area contributed by atoms with Crippen LogP contribution in [0.2, 0.25) is 0 Å². The van der Waals surface area contributed by atoms with Crippen LogP contribution in [0.15, 0.2) is 42.5 Å². The summed E-state index contributed by atoms with van der Waals surface area (Å²) in [6.45, 7) is 3.16. The molecule has 25 heavy (non-hydrogen) atoms. The van der Waals surface area contributed by atoms with Gasteiger partial charge in [-0.15, -0.1) is 0 Å². The summed E-state index contributed by atoms with van der Waals surface area (Å²) >= 11 is 0. The smallest absolute Gasteiger partial charge is 0.219 e. The number of ether oxygens (including phenoxy) is 2. The Morgan fingerprint density at radius 2 is 2.04 bits per heavy atom. The molecular weight excluding hydrogens is 314 g/mol. The molecule has 3 rings (SSSR count). The molecular formula is C21H25NO3. The molecule has 0 saturated carbocycles. The number of methoxy groups -OCH3 is 1. The zero-order valence-electron chi connectivity index (χ0n) is 14.9. The monoisotopic (exact) mass is 339 g/mol. The highest BCUT2D eigenvalue weighted by Crippen LogP contribution is 2.32. The van der Waals surface area contributed by atoms with Crippen LogP contribution in [-0.2, 0) is 24.2 Å². The second-order valence-electron chi connectivity index (χ2n) is 6.46. The molecule has 1 amide bonds. The van der Waals surface area contributed by atoms with Crippen molar-refractivity contribution in [3.63, 3.8) is 0 Å². The van der Waals surface area contributed by atoms with Crippen molar-refractivity contribution >= 4 is 5.91 Å². The summed E-state index contributed by atoms with van der Waals surface area (Å²) < 4.78 is 11.2. The molecule has 0 aromatic heterocycles. The topological polar surface area (TPSA) is 47.6 Å². The van der Waals surface area contributed by atoms with Crippen LogP contribution < -0.4 is 14.8 Å². The van der Waals surface area contributed by atoms with E-state index in [0.717, 1.165) is 24.3 Å². The van der Waals surface area contributed by atoms with Crippen LogP contribution in [0.25, 0.3) is 0 Å². The molecule has 0 unspecified atom stereocenters. The molecule has 2 aromatic rings. The van der Waals surface area contributed by atoms with Crippen molar-refractivity contribution in [2.75, 3.05) is 13.7 Å². The number of carbonyl (C=O) groups excluding carboxylic acids is 1. The lowest BCUT2D eigenvalue weighted by molar-refractivity contribution is -0.120. The second kappa shape index (κ2) is 8.06. The minimum atomic E-state index is 0.0821. The Labute approximate surface area is 149 Å². The van der Waals surface area contributed by atoms with Gasteiger partial charge in [-0.25, -0.2) is 0 Å². The standard InChI is InChI=1S/C21H25NO3/c1-3-21(23)22-13-18-7-5-4-6-16(18)10-15-11-17-8-9-19(24-2)12-20(17)25-14-15/h4-9,12,15H,3,10-11,13-14H2,1-2H3,(H,22,23)/t15-/m0/s1. The summed E-state index contributed by atoms with van der Waals surface area (Å²) in [5.74, 6) is 2.27. The lowest BCUT2D eigenvalue weighted by atomic mass is 9.89. The van der Waals surface area contributed by atoms with Gasteiger partial charge in [-0.3, -0.25) is 4.79 Å². The average molecular weight is 339 g/mol. The highest BCUT2D eigenvalue weighted by atomic mass is 16.5. The molecule has 0 bridgehead atoms. The van der Waals surface area contributed by atoms with Gasteiger partial charge in [0.1, 0.15) is 11.5 Å². The van der Waals surface area contributed by atoms with E-state index in [9.17, 15) is 4.79 Å². The van der Waals surface area contributed by atoms with Crippen molar-refractivity contribution in [3.8, 4) is 11.5 Å². The molecule has 1 heterocycles. The average Bonchev–Trinajstić information content (AvgIpc) is 2.66. The lowest BCUT2D eigenvalue weighted by Gasteiger charge is -2.26. The summed E-state index contributed by atoms with van der Waals surface area (Å²) in [5.41, 5.74) is 3.70. The van der Waals surface area contributed by atoms with E-state index in [4.69, 9.17) is 9.47 Å². The zero-order chi connectivity index (χ0) is 17.6. The third-order valence-corrected chi connectivity index (χ3v) is 4.68. The van der Waals surface area contributed by atoms with Gasteiger partial charge in [-0.2, -0.15) is 0 Å². The minimum absolute atomic E-state index is 0.0821. The number of nitrogens with one attached hydrogen (secondary N) is 1. The molecule has 132 valence electrons. The van der Waals surface area contributed by atoms with Crippen LogP contribution in [0.5, 0.6) is 11.5 Å². The van der Waals surface area contributed by atoms with Gasteiger partial charge in [0.05, 0.1) is 13.7 Å². The Balaban J connectivity index is 1.68. The molecule has 4 nitrogen and oxygen atoms in total.